The highest BCUT2D eigenvalue weighted by atomic mass is 127. The Kier molecular flexibility index (Phi) is 7.11. The van der Waals surface area contributed by atoms with Crippen molar-refractivity contribution in [2.75, 3.05) is 0 Å². The molecular formula is C25H31IN6OS2. The van der Waals surface area contributed by atoms with Gasteiger partial charge in [0.25, 0.3) is 5.17 Å². The molecule has 2 aliphatic heterocycles. The number of fused-ring (bicyclic) bond motifs is 2. The zero-order valence-corrected chi connectivity index (χ0v) is 24.6. The van der Waals surface area contributed by atoms with Crippen LogP contribution in [-0.4, -0.2) is 30.1 Å². The molecule has 35 heavy (non-hydrogen) atoms. The van der Waals surface area contributed by atoms with E-state index >= 15 is 0 Å². The van der Waals surface area contributed by atoms with E-state index in [9.17, 15) is 5.11 Å². The molecule has 0 aliphatic carbocycles. The fourth-order valence-electron chi connectivity index (χ4n) is 4.12. The monoisotopic (exact) mass is 622 g/mol. The molecule has 0 saturated carbocycles. The SMILES string of the molecule is CC(C)(C)C1=NN2C(=Nc3n(nc(C(C)(C)C)[n+]3CCc3cccs3)C2c2ccccc2O)S1.[I-]. The van der Waals surface area contributed by atoms with Crippen molar-refractivity contribution in [1.29, 1.82) is 0 Å². The number of aliphatic imine (C=N–C) groups is 1. The van der Waals surface area contributed by atoms with Crippen molar-refractivity contribution >= 4 is 39.3 Å². The van der Waals surface area contributed by atoms with E-state index in [0.717, 1.165) is 40.5 Å². The molecule has 4 heterocycles. The van der Waals surface area contributed by atoms with Crippen LogP contribution >= 0.6 is 23.1 Å². The lowest BCUT2D eigenvalue weighted by Gasteiger charge is -2.25. The molecule has 2 aromatic heterocycles. The number of nitrogens with zero attached hydrogens (tertiary/aromatic N) is 6. The number of thioether (sulfide) groups is 1. The maximum Gasteiger partial charge on any atom is 0.387 e. The molecule has 7 nitrogen and oxygen atoms in total. The van der Waals surface area contributed by atoms with Crippen molar-refractivity contribution in [2.45, 2.75) is 66.1 Å². The first kappa shape index (κ1) is 26.2. The second-order valence-corrected chi connectivity index (χ2v) is 12.7. The predicted molar refractivity (Wildman–Crippen MR) is 139 cm³/mol. The number of aromatic nitrogens is 3. The number of amidine groups is 1. The van der Waals surface area contributed by atoms with Gasteiger partial charge in [-0.2, -0.15) is 10.1 Å². The molecule has 5 rings (SSSR count). The molecule has 186 valence electrons. The summed E-state index contributed by atoms with van der Waals surface area (Å²) in [5.41, 5.74) is 0.464. The van der Waals surface area contributed by atoms with Gasteiger partial charge in [-0.1, -0.05) is 75.5 Å². The lowest BCUT2D eigenvalue weighted by atomic mass is 9.95. The molecule has 10 heteroatoms. The zero-order valence-electron chi connectivity index (χ0n) is 20.9. The van der Waals surface area contributed by atoms with Crippen molar-refractivity contribution < 1.29 is 33.7 Å². The number of aryl methyl sites for hydroxylation is 1. The summed E-state index contributed by atoms with van der Waals surface area (Å²) in [4.78, 5) is 6.42. The highest BCUT2D eigenvalue weighted by Gasteiger charge is 2.48. The standard InChI is InChI=1S/C25H30N6OS2.HI/c1-24(2,3)20-27-30-19(17-11-7-8-12-18(17)32)31-23(34-21(28-31)25(4,5)6)26-22(30)29(20)14-13-16-10-9-15-33-16;/h7-12,15,19H,13-14H2,1-6H3;1H. The van der Waals surface area contributed by atoms with Crippen LogP contribution in [0, 0.1) is 5.41 Å². The molecule has 2 aliphatic rings. The van der Waals surface area contributed by atoms with Crippen molar-refractivity contribution in [3.8, 4) is 5.75 Å². The van der Waals surface area contributed by atoms with Crippen LogP contribution in [0.1, 0.15) is 64.0 Å². The predicted octanol–water partition coefficient (Wildman–Crippen LogP) is 2.44. The summed E-state index contributed by atoms with van der Waals surface area (Å²) >= 11 is 3.38. The highest BCUT2D eigenvalue weighted by Crippen LogP contribution is 2.43. The lowest BCUT2D eigenvalue weighted by molar-refractivity contribution is -0.694. The van der Waals surface area contributed by atoms with Crippen LogP contribution in [0.5, 0.6) is 5.75 Å². The van der Waals surface area contributed by atoms with Crippen molar-refractivity contribution in [3.05, 3.63) is 58.0 Å². The average Bonchev–Trinajstić information content (AvgIpc) is 3.48. The van der Waals surface area contributed by atoms with E-state index in [0.29, 0.717) is 0 Å². The van der Waals surface area contributed by atoms with Crippen molar-refractivity contribution in [3.63, 3.8) is 0 Å². The molecule has 1 aromatic carbocycles. The smallest absolute Gasteiger partial charge is 0.387 e. The first-order valence-electron chi connectivity index (χ1n) is 11.5. The maximum atomic E-state index is 10.8. The van der Waals surface area contributed by atoms with Crippen LogP contribution in [0.4, 0.5) is 5.95 Å². The molecule has 1 atom stereocenters. The van der Waals surface area contributed by atoms with E-state index in [-0.39, 0.29) is 40.6 Å². The van der Waals surface area contributed by atoms with Crippen molar-refractivity contribution in [1.82, 2.24) is 14.8 Å². The number of phenolic OH excluding ortho intramolecular Hbond substituents is 1. The summed E-state index contributed by atoms with van der Waals surface area (Å²) < 4.78 is 4.18. The van der Waals surface area contributed by atoms with Crippen LogP contribution in [0.2, 0.25) is 0 Å². The summed E-state index contributed by atoms with van der Waals surface area (Å²) in [5, 5.41) is 26.8. The van der Waals surface area contributed by atoms with Crippen molar-refractivity contribution in [2.24, 2.45) is 15.5 Å². The summed E-state index contributed by atoms with van der Waals surface area (Å²) in [7, 11) is 0. The highest BCUT2D eigenvalue weighted by molar-refractivity contribution is 8.26. The number of hydrogen-bond acceptors (Lipinski definition) is 7. The molecule has 1 N–H and O–H groups in total. The fourth-order valence-corrected chi connectivity index (χ4v) is 5.79. The third-order valence-corrected chi connectivity index (χ3v) is 8.12. The van der Waals surface area contributed by atoms with E-state index in [4.69, 9.17) is 15.2 Å². The van der Waals surface area contributed by atoms with Gasteiger partial charge in [-0.05, 0) is 34.4 Å². The van der Waals surface area contributed by atoms with Gasteiger partial charge in [0.15, 0.2) is 0 Å². The Morgan fingerprint density at radius 1 is 1.03 bits per heavy atom. The Morgan fingerprint density at radius 2 is 1.77 bits per heavy atom. The first-order chi connectivity index (χ1) is 16.0. The third-order valence-electron chi connectivity index (χ3n) is 5.84. The molecule has 3 aromatic rings. The first-order valence-corrected chi connectivity index (χ1v) is 13.2. The van der Waals surface area contributed by atoms with Crippen LogP contribution in [0.25, 0.3) is 0 Å². The van der Waals surface area contributed by atoms with Crippen LogP contribution in [0.15, 0.2) is 51.9 Å². The summed E-state index contributed by atoms with van der Waals surface area (Å²) in [6.07, 6.45) is 0.497. The number of hydrazone groups is 1. The molecule has 0 amide bonds. The minimum Gasteiger partial charge on any atom is -1.00 e. The van der Waals surface area contributed by atoms with Crippen LogP contribution in [-0.2, 0) is 18.4 Å². The van der Waals surface area contributed by atoms with Gasteiger partial charge in [0.1, 0.15) is 10.8 Å². The maximum absolute atomic E-state index is 10.8. The number of thiophene rings is 1. The summed E-state index contributed by atoms with van der Waals surface area (Å²) in [6, 6.07) is 11.7. The van der Waals surface area contributed by atoms with E-state index in [1.807, 2.05) is 27.9 Å². The number of para-hydroxylation sites is 1. The van der Waals surface area contributed by atoms with E-state index in [1.165, 1.54) is 4.88 Å². The van der Waals surface area contributed by atoms with Gasteiger partial charge in [0.05, 0.1) is 12.1 Å². The Morgan fingerprint density at radius 3 is 2.40 bits per heavy atom. The zero-order chi connectivity index (χ0) is 24.3. The third kappa shape index (κ3) is 4.89. The number of halogens is 1. The van der Waals surface area contributed by atoms with Gasteiger partial charge in [-0.3, -0.25) is 0 Å². The molecular weight excluding hydrogens is 591 g/mol. The van der Waals surface area contributed by atoms with E-state index in [1.54, 1.807) is 29.2 Å². The van der Waals surface area contributed by atoms with Crippen LogP contribution < -0.4 is 28.5 Å². The Hall–Kier alpha value is -1.92. The molecule has 0 saturated heterocycles. The fraction of sp³-hybridized carbons (Fsp3) is 0.440. The molecule has 0 bridgehead atoms. The largest absolute Gasteiger partial charge is 1.00 e. The van der Waals surface area contributed by atoms with Gasteiger partial charge in [0.2, 0.25) is 12.0 Å². The van der Waals surface area contributed by atoms with Gasteiger partial charge in [-0.25, -0.2) is 4.57 Å². The van der Waals surface area contributed by atoms with E-state index < -0.39 is 6.17 Å². The topological polar surface area (TPSA) is 69.9 Å². The molecule has 0 radical (unpaired) electrons. The van der Waals surface area contributed by atoms with Gasteiger partial charge < -0.3 is 29.1 Å². The second-order valence-electron chi connectivity index (χ2n) is 10.7. The van der Waals surface area contributed by atoms with Gasteiger partial charge in [0, 0.05) is 22.1 Å². The number of aromatic hydroxyl groups is 1. The van der Waals surface area contributed by atoms with E-state index in [2.05, 4.69) is 63.6 Å². The van der Waals surface area contributed by atoms with Gasteiger partial charge >= 0.3 is 5.95 Å². The Bertz CT molecular complexity index is 1280. The lowest BCUT2D eigenvalue weighted by Crippen LogP contribution is -3.00. The normalized spacial score (nSPS) is 17.4. The minimum absolute atomic E-state index is 0. The minimum atomic E-state index is -0.417. The Labute approximate surface area is 232 Å². The number of phenols is 1. The molecule has 0 spiro atoms. The second kappa shape index (κ2) is 9.51. The molecule has 1 unspecified atom stereocenters. The number of hydrogen-bond donors (Lipinski definition) is 1. The Balaban J connectivity index is 0.00000289. The summed E-state index contributed by atoms with van der Waals surface area (Å²) in [5.74, 6) is 1.98. The van der Waals surface area contributed by atoms with Gasteiger partial charge in [-0.15, -0.1) is 11.3 Å². The number of benzene rings is 1. The number of rotatable bonds is 4. The quantitative estimate of drug-likeness (QED) is 0.359. The average molecular weight is 623 g/mol. The van der Waals surface area contributed by atoms with Crippen LogP contribution in [0.3, 0.4) is 0 Å². The molecule has 0 fully saturated rings. The summed E-state index contributed by atoms with van der Waals surface area (Å²) in [6.45, 7) is 13.8.